The van der Waals surface area contributed by atoms with Crippen LogP contribution in [0, 0.1) is 5.92 Å². The first-order valence-electron chi connectivity index (χ1n) is 9.71. The van der Waals surface area contributed by atoms with Gasteiger partial charge >= 0.3 is 6.61 Å². The summed E-state index contributed by atoms with van der Waals surface area (Å²) in [5.41, 5.74) is 0.752. The summed E-state index contributed by atoms with van der Waals surface area (Å²) < 4.78 is 28.7. The summed E-state index contributed by atoms with van der Waals surface area (Å²) in [7, 11) is 2.06. The second kappa shape index (κ2) is 9.32. The summed E-state index contributed by atoms with van der Waals surface area (Å²) in [5, 5.41) is 0. The van der Waals surface area contributed by atoms with Gasteiger partial charge in [0.2, 0.25) is 11.8 Å². The van der Waals surface area contributed by atoms with Gasteiger partial charge in [-0.25, -0.2) is 0 Å². The lowest BCUT2D eigenvalue weighted by Crippen LogP contribution is -2.51. The molecule has 1 aromatic carbocycles. The van der Waals surface area contributed by atoms with E-state index < -0.39 is 6.61 Å². The highest BCUT2D eigenvalue weighted by Gasteiger charge is 2.31. The van der Waals surface area contributed by atoms with E-state index in [1.54, 1.807) is 17.0 Å². The minimum atomic E-state index is -2.86. The number of rotatable bonds is 5. The minimum Gasteiger partial charge on any atom is -0.435 e. The normalized spacial score (nSPS) is 19.1. The van der Waals surface area contributed by atoms with E-state index in [9.17, 15) is 18.4 Å². The lowest BCUT2D eigenvalue weighted by atomic mass is 9.94. The largest absolute Gasteiger partial charge is 0.435 e. The topological polar surface area (TPSA) is 53.1 Å². The average molecular weight is 395 g/mol. The van der Waals surface area contributed by atoms with Crippen LogP contribution in [-0.2, 0) is 16.0 Å². The molecule has 2 aliphatic rings. The van der Waals surface area contributed by atoms with E-state index in [2.05, 4.69) is 16.7 Å². The molecule has 2 heterocycles. The number of likely N-dealkylation sites (N-methyl/N-ethyl adjacent to an activating group) is 1. The Morgan fingerprint density at radius 3 is 2.18 bits per heavy atom. The molecule has 0 aromatic heterocycles. The van der Waals surface area contributed by atoms with Crippen LogP contribution in [0.3, 0.4) is 0 Å². The fourth-order valence-electron chi connectivity index (χ4n) is 3.74. The molecular formula is C20H27F2N3O3. The van der Waals surface area contributed by atoms with E-state index in [1.165, 1.54) is 12.1 Å². The van der Waals surface area contributed by atoms with Crippen LogP contribution in [0.1, 0.15) is 18.4 Å². The number of carbonyl (C=O) groups is 2. The summed E-state index contributed by atoms with van der Waals surface area (Å²) in [6.45, 7) is 1.67. The highest BCUT2D eigenvalue weighted by Crippen LogP contribution is 2.22. The number of piperidine rings is 1. The van der Waals surface area contributed by atoms with Crippen molar-refractivity contribution in [2.75, 3.05) is 46.3 Å². The number of carbonyl (C=O) groups excluding carboxylic acids is 2. The summed E-state index contributed by atoms with van der Waals surface area (Å²) in [5.74, 6) is 0.288. The predicted molar refractivity (Wildman–Crippen MR) is 100 cm³/mol. The Hall–Kier alpha value is -2.22. The molecule has 2 aliphatic heterocycles. The second-order valence-electron chi connectivity index (χ2n) is 7.48. The molecule has 8 heteroatoms. The minimum absolute atomic E-state index is 0.00163. The molecular weight excluding hydrogens is 368 g/mol. The molecule has 28 heavy (non-hydrogen) atoms. The number of likely N-dealkylation sites (tertiary alicyclic amines) is 1. The zero-order valence-corrected chi connectivity index (χ0v) is 16.2. The Labute approximate surface area is 164 Å². The number of amides is 2. The Balaban J connectivity index is 1.45. The predicted octanol–water partition coefficient (Wildman–Crippen LogP) is 1.84. The number of benzene rings is 1. The first kappa shape index (κ1) is 20.5. The fourth-order valence-corrected chi connectivity index (χ4v) is 3.74. The van der Waals surface area contributed by atoms with E-state index in [4.69, 9.17) is 0 Å². The van der Waals surface area contributed by atoms with Crippen molar-refractivity contribution in [1.29, 1.82) is 0 Å². The SMILES string of the molecule is CN1CCN(C(=O)C2CCN(C(=O)Cc3ccc(OC(F)F)cc3)CC2)CC1. The zero-order valence-electron chi connectivity index (χ0n) is 16.2. The summed E-state index contributed by atoms with van der Waals surface area (Å²) in [6, 6.07) is 6.13. The molecule has 0 bridgehead atoms. The molecule has 1 aromatic rings. The maximum Gasteiger partial charge on any atom is 0.387 e. The van der Waals surface area contributed by atoms with Crippen molar-refractivity contribution in [1.82, 2.24) is 14.7 Å². The van der Waals surface area contributed by atoms with Gasteiger partial charge < -0.3 is 19.4 Å². The van der Waals surface area contributed by atoms with E-state index >= 15 is 0 Å². The molecule has 0 spiro atoms. The molecule has 3 rings (SSSR count). The van der Waals surface area contributed by atoms with Gasteiger partial charge in [0, 0.05) is 45.2 Å². The second-order valence-corrected chi connectivity index (χ2v) is 7.48. The molecule has 154 valence electrons. The lowest BCUT2D eigenvalue weighted by Gasteiger charge is -2.37. The van der Waals surface area contributed by atoms with E-state index in [0.717, 1.165) is 31.7 Å². The van der Waals surface area contributed by atoms with Gasteiger partial charge in [-0.15, -0.1) is 0 Å². The summed E-state index contributed by atoms with van der Waals surface area (Å²) in [6.07, 6.45) is 1.60. The Bertz CT molecular complexity index is 668. The number of nitrogens with zero attached hydrogens (tertiary/aromatic N) is 3. The Kier molecular flexibility index (Phi) is 6.83. The molecule has 2 amide bonds. The molecule has 0 radical (unpaired) electrons. The maximum atomic E-state index is 12.7. The third-order valence-electron chi connectivity index (χ3n) is 5.52. The number of ether oxygens (including phenoxy) is 1. The van der Waals surface area contributed by atoms with Gasteiger partial charge in [-0.3, -0.25) is 9.59 Å². The molecule has 2 saturated heterocycles. The molecule has 0 unspecified atom stereocenters. The number of piperazine rings is 1. The Morgan fingerprint density at radius 1 is 1.00 bits per heavy atom. The zero-order chi connectivity index (χ0) is 20.1. The van der Waals surface area contributed by atoms with Crippen LogP contribution >= 0.6 is 0 Å². The smallest absolute Gasteiger partial charge is 0.387 e. The van der Waals surface area contributed by atoms with Crippen molar-refractivity contribution in [3.8, 4) is 5.75 Å². The van der Waals surface area contributed by atoms with Crippen LogP contribution in [0.5, 0.6) is 5.75 Å². The van der Waals surface area contributed by atoms with Gasteiger partial charge in [0.1, 0.15) is 5.75 Å². The number of halogens is 2. The quantitative estimate of drug-likeness (QED) is 0.764. The van der Waals surface area contributed by atoms with E-state index in [1.807, 2.05) is 4.90 Å². The molecule has 0 atom stereocenters. The number of alkyl halides is 2. The van der Waals surface area contributed by atoms with Crippen LogP contribution < -0.4 is 4.74 Å². The van der Waals surface area contributed by atoms with Crippen LogP contribution in [-0.4, -0.2) is 79.4 Å². The number of hydrogen-bond acceptors (Lipinski definition) is 4. The van der Waals surface area contributed by atoms with Gasteiger partial charge in [-0.2, -0.15) is 8.78 Å². The summed E-state index contributed by atoms with van der Waals surface area (Å²) >= 11 is 0. The maximum absolute atomic E-state index is 12.7. The van der Waals surface area contributed by atoms with E-state index in [0.29, 0.717) is 25.9 Å². The van der Waals surface area contributed by atoms with Crippen molar-refractivity contribution in [3.05, 3.63) is 29.8 Å². The molecule has 0 aliphatic carbocycles. The standard InChI is InChI=1S/C20H27F2N3O3/c1-23-10-12-25(13-11-23)19(27)16-6-8-24(9-7-16)18(26)14-15-2-4-17(5-3-15)28-20(21)22/h2-5,16,20H,6-14H2,1H3. The average Bonchev–Trinajstić information content (AvgIpc) is 2.69. The highest BCUT2D eigenvalue weighted by atomic mass is 19.3. The van der Waals surface area contributed by atoms with Gasteiger partial charge in [-0.1, -0.05) is 12.1 Å². The molecule has 0 saturated carbocycles. The molecule has 6 nitrogen and oxygen atoms in total. The van der Waals surface area contributed by atoms with Gasteiger partial charge in [0.25, 0.3) is 0 Å². The summed E-state index contributed by atoms with van der Waals surface area (Å²) in [4.78, 5) is 31.2. The third kappa shape index (κ3) is 5.41. The third-order valence-corrected chi connectivity index (χ3v) is 5.52. The van der Waals surface area contributed by atoms with Gasteiger partial charge in [0.15, 0.2) is 0 Å². The van der Waals surface area contributed by atoms with Crippen molar-refractivity contribution in [3.63, 3.8) is 0 Å². The highest BCUT2D eigenvalue weighted by molar-refractivity contribution is 5.81. The van der Waals surface area contributed by atoms with Crippen LogP contribution in [0.25, 0.3) is 0 Å². The van der Waals surface area contributed by atoms with Crippen molar-refractivity contribution in [2.45, 2.75) is 25.9 Å². The van der Waals surface area contributed by atoms with Gasteiger partial charge in [-0.05, 0) is 37.6 Å². The first-order chi connectivity index (χ1) is 13.4. The van der Waals surface area contributed by atoms with Crippen molar-refractivity contribution < 1.29 is 23.1 Å². The van der Waals surface area contributed by atoms with Crippen molar-refractivity contribution >= 4 is 11.8 Å². The Morgan fingerprint density at radius 2 is 1.61 bits per heavy atom. The van der Waals surface area contributed by atoms with Crippen LogP contribution in [0.4, 0.5) is 8.78 Å². The van der Waals surface area contributed by atoms with E-state index in [-0.39, 0.29) is 29.9 Å². The number of hydrogen-bond donors (Lipinski definition) is 0. The molecule has 0 N–H and O–H groups in total. The fraction of sp³-hybridized carbons (Fsp3) is 0.600. The molecule has 2 fully saturated rings. The first-order valence-corrected chi connectivity index (χ1v) is 9.71. The monoisotopic (exact) mass is 395 g/mol. The van der Waals surface area contributed by atoms with Gasteiger partial charge in [0.05, 0.1) is 6.42 Å². The van der Waals surface area contributed by atoms with Crippen LogP contribution in [0.2, 0.25) is 0 Å². The lowest BCUT2D eigenvalue weighted by molar-refractivity contribution is -0.141. The van der Waals surface area contributed by atoms with Crippen molar-refractivity contribution in [2.24, 2.45) is 5.92 Å². The van der Waals surface area contributed by atoms with Crippen LogP contribution in [0.15, 0.2) is 24.3 Å².